The molecule has 0 spiro atoms. The summed E-state index contributed by atoms with van der Waals surface area (Å²) >= 11 is 0. The van der Waals surface area contributed by atoms with Crippen LogP contribution in [0, 0.1) is 5.82 Å². The van der Waals surface area contributed by atoms with Gasteiger partial charge in [-0.3, -0.25) is 9.78 Å². The number of carbonyl (C=O) groups is 1. The summed E-state index contributed by atoms with van der Waals surface area (Å²) in [4.78, 5) is 15.6. The highest BCUT2D eigenvalue weighted by molar-refractivity contribution is 5.93. The van der Waals surface area contributed by atoms with Gasteiger partial charge in [0, 0.05) is 24.5 Å². The molecule has 0 bridgehead atoms. The van der Waals surface area contributed by atoms with Crippen molar-refractivity contribution in [2.45, 2.75) is 12.5 Å². The predicted octanol–water partition coefficient (Wildman–Crippen LogP) is 2.07. The van der Waals surface area contributed by atoms with Crippen molar-refractivity contribution in [3.63, 3.8) is 0 Å². The van der Waals surface area contributed by atoms with Crippen molar-refractivity contribution < 1.29 is 14.3 Å². The van der Waals surface area contributed by atoms with Crippen LogP contribution in [0.3, 0.4) is 0 Å². The molecule has 0 aliphatic rings. The van der Waals surface area contributed by atoms with Crippen LogP contribution in [0.15, 0.2) is 48.8 Å². The van der Waals surface area contributed by atoms with E-state index in [0.717, 1.165) is 0 Å². The molecule has 20 heavy (non-hydrogen) atoms. The van der Waals surface area contributed by atoms with E-state index in [-0.39, 0.29) is 11.7 Å². The number of nitrogens with zero attached hydrogens (tertiary/aromatic N) is 1. The first-order valence-corrected chi connectivity index (χ1v) is 6.28. The van der Waals surface area contributed by atoms with E-state index in [1.165, 1.54) is 24.3 Å². The van der Waals surface area contributed by atoms with Crippen molar-refractivity contribution in [3.05, 3.63) is 65.7 Å². The van der Waals surface area contributed by atoms with Gasteiger partial charge in [-0.15, -0.1) is 0 Å². The Kier molecular flexibility index (Phi) is 4.79. The molecule has 0 radical (unpaired) electrons. The number of halogens is 1. The van der Waals surface area contributed by atoms with Crippen LogP contribution in [0.5, 0.6) is 0 Å². The third-order valence-electron chi connectivity index (χ3n) is 2.90. The van der Waals surface area contributed by atoms with Gasteiger partial charge in [0.05, 0.1) is 6.10 Å². The lowest BCUT2D eigenvalue weighted by molar-refractivity contribution is 0.0942. The molecule has 1 atom stereocenters. The van der Waals surface area contributed by atoms with Crippen LogP contribution in [0.4, 0.5) is 4.39 Å². The number of aliphatic hydroxyl groups excluding tert-OH is 1. The maximum atomic E-state index is 12.8. The topological polar surface area (TPSA) is 62.2 Å². The molecule has 104 valence electrons. The number of aromatic nitrogens is 1. The van der Waals surface area contributed by atoms with E-state index < -0.39 is 6.10 Å². The van der Waals surface area contributed by atoms with E-state index in [1.54, 1.807) is 24.5 Å². The minimum atomic E-state index is -0.728. The average Bonchev–Trinajstić information content (AvgIpc) is 2.48. The van der Waals surface area contributed by atoms with Gasteiger partial charge in [0.2, 0.25) is 0 Å². The van der Waals surface area contributed by atoms with Gasteiger partial charge in [0.15, 0.2) is 0 Å². The summed E-state index contributed by atoms with van der Waals surface area (Å²) in [5, 5.41) is 12.6. The summed E-state index contributed by atoms with van der Waals surface area (Å²) in [5.74, 6) is -0.550. The highest BCUT2D eigenvalue weighted by atomic mass is 19.1. The van der Waals surface area contributed by atoms with Gasteiger partial charge in [-0.05, 0) is 36.2 Å². The van der Waals surface area contributed by atoms with Gasteiger partial charge in [-0.25, -0.2) is 4.39 Å². The van der Waals surface area contributed by atoms with E-state index in [4.69, 9.17) is 0 Å². The Hall–Kier alpha value is -2.27. The number of nitrogens with one attached hydrogen (secondary N) is 1. The minimum Gasteiger partial charge on any atom is -0.388 e. The number of hydrogen-bond acceptors (Lipinski definition) is 3. The Morgan fingerprint density at radius 3 is 2.50 bits per heavy atom. The molecule has 0 aliphatic heterocycles. The van der Waals surface area contributed by atoms with Crippen molar-refractivity contribution >= 4 is 5.91 Å². The van der Waals surface area contributed by atoms with Crippen molar-refractivity contribution in [3.8, 4) is 0 Å². The summed E-state index contributed by atoms with van der Waals surface area (Å²) in [6.07, 6.45) is 2.72. The molecule has 1 heterocycles. The van der Waals surface area contributed by atoms with Crippen molar-refractivity contribution in [2.24, 2.45) is 0 Å². The number of carbonyl (C=O) groups excluding carboxylic acids is 1. The Labute approximate surface area is 116 Å². The van der Waals surface area contributed by atoms with Crippen LogP contribution in [-0.2, 0) is 0 Å². The third-order valence-corrected chi connectivity index (χ3v) is 2.90. The zero-order valence-corrected chi connectivity index (χ0v) is 10.8. The number of benzene rings is 1. The fourth-order valence-electron chi connectivity index (χ4n) is 1.78. The Bertz CT molecular complexity index is 558. The molecule has 4 nitrogen and oxygen atoms in total. The van der Waals surface area contributed by atoms with E-state index in [2.05, 4.69) is 10.3 Å². The van der Waals surface area contributed by atoms with Gasteiger partial charge in [0.25, 0.3) is 5.91 Å². The van der Waals surface area contributed by atoms with Crippen LogP contribution in [0.2, 0.25) is 0 Å². The molecule has 2 aromatic rings. The van der Waals surface area contributed by atoms with Crippen LogP contribution >= 0.6 is 0 Å². The summed E-state index contributed by atoms with van der Waals surface area (Å²) in [6.45, 7) is 0.333. The molecule has 0 fully saturated rings. The molecular weight excluding hydrogens is 259 g/mol. The van der Waals surface area contributed by atoms with Crippen molar-refractivity contribution in [1.82, 2.24) is 10.3 Å². The largest absolute Gasteiger partial charge is 0.388 e. The standard InChI is InChI=1S/C15H15FN2O2/c16-13-3-1-11(2-4-13)14(19)7-10-18-15(20)12-5-8-17-9-6-12/h1-6,8-9,14,19H,7,10H2,(H,18,20). The summed E-state index contributed by atoms with van der Waals surface area (Å²) in [5.41, 5.74) is 1.15. The number of aliphatic hydroxyl groups is 1. The predicted molar refractivity (Wildman–Crippen MR) is 72.5 cm³/mol. The number of rotatable bonds is 5. The average molecular weight is 274 g/mol. The van der Waals surface area contributed by atoms with Gasteiger partial charge < -0.3 is 10.4 Å². The van der Waals surface area contributed by atoms with Crippen molar-refractivity contribution in [2.75, 3.05) is 6.54 Å². The molecular formula is C15H15FN2O2. The van der Waals surface area contributed by atoms with Crippen molar-refractivity contribution in [1.29, 1.82) is 0 Å². The van der Waals surface area contributed by atoms with Crippen LogP contribution in [-0.4, -0.2) is 22.5 Å². The van der Waals surface area contributed by atoms with Gasteiger partial charge in [-0.2, -0.15) is 0 Å². The van der Waals surface area contributed by atoms with E-state index in [1.807, 2.05) is 0 Å². The Morgan fingerprint density at radius 2 is 1.85 bits per heavy atom. The SMILES string of the molecule is O=C(NCCC(O)c1ccc(F)cc1)c1ccncc1. The highest BCUT2D eigenvalue weighted by Gasteiger charge is 2.09. The minimum absolute atomic E-state index is 0.210. The molecule has 5 heteroatoms. The molecule has 1 unspecified atom stereocenters. The second-order valence-electron chi connectivity index (χ2n) is 4.35. The van der Waals surface area contributed by atoms with Gasteiger partial charge >= 0.3 is 0 Å². The van der Waals surface area contributed by atoms with E-state index in [9.17, 15) is 14.3 Å². The fraction of sp³-hybridized carbons (Fsp3) is 0.200. The summed E-state index contributed by atoms with van der Waals surface area (Å²) in [7, 11) is 0. The monoisotopic (exact) mass is 274 g/mol. The van der Waals surface area contributed by atoms with Gasteiger partial charge in [-0.1, -0.05) is 12.1 Å². The maximum Gasteiger partial charge on any atom is 0.251 e. The molecule has 2 N–H and O–H groups in total. The maximum absolute atomic E-state index is 12.8. The zero-order chi connectivity index (χ0) is 14.4. The summed E-state index contributed by atoms with van der Waals surface area (Å²) in [6, 6.07) is 8.90. The lowest BCUT2D eigenvalue weighted by Gasteiger charge is -2.11. The fourth-order valence-corrected chi connectivity index (χ4v) is 1.78. The van der Waals surface area contributed by atoms with Gasteiger partial charge in [0.1, 0.15) is 5.82 Å². The summed E-state index contributed by atoms with van der Waals surface area (Å²) < 4.78 is 12.8. The number of hydrogen-bond donors (Lipinski definition) is 2. The second kappa shape index (κ2) is 6.77. The lowest BCUT2D eigenvalue weighted by atomic mass is 10.1. The lowest BCUT2D eigenvalue weighted by Crippen LogP contribution is -2.25. The normalized spacial score (nSPS) is 11.9. The molecule has 0 aliphatic carbocycles. The second-order valence-corrected chi connectivity index (χ2v) is 4.35. The Morgan fingerprint density at radius 1 is 1.20 bits per heavy atom. The van der Waals surface area contributed by atoms with E-state index in [0.29, 0.717) is 24.1 Å². The Balaban J connectivity index is 1.81. The first kappa shape index (κ1) is 14.1. The zero-order valence-electron chi connectivity index (χ0n) is 10.8. The first-order valence-electron chi connectivity index (χ1n) is 6.28. The molecule has 1 aromatic heterocycles. The van der Waals surface area contributed by atoms with E-state index >= 15 is 0 Å². The molecule has 0 saturated heterocycles. The smallest absolute Gasteiger partial charge is 0.251 e. The number of amides is 1. The molecule has 1 aromatic carbocycles. The molecule has 1 amide bonds. The molecule has 0 saturated carbocycles. The third kappa shape index (κ3) is 3.86. The van der Waals surface area contributed by atoms with Crippen LogP contribution < -0.4 is 5.32 Å². The first-order chi connectivity index (χ1) is 9.66. The quantitative estimate of drug-likeness (QED) is 0.877. The molecule has 2 rings (SSSR count). The highest BCUT2D eigenvalue weighted by Crippen LogP contribution is 2.16. The van der Waals surface area contributed by atoms with Crippen LogP contribution in [0.25, 0.3) is 0 Å². The number of pyridine rings is 1. The van der Waals surface area contributed by atoms with Crippen LogP contribution in [0.1, 0.15) is 28.4 Å².